The summed E-state index contributed by atoms with van der Waals surface area (Å²) in [6, 6.07) is -0.548. The van der Waals surface area contributed by atoms with E-state index in [1.165, 1.54) is 0 Å². The Hall–Kier alpha value is -2.38. The molecule has 0 aromatic carbocycles. The van der Waals surface area contributed by atoms with E-state index >= 15 is 0 Å². The summed E-state index contributed by atoms with van der Waals surface area (Å²) in [5.74, 6) is -0.807. The zero-order valence-corrected chi connectivity index (χ0v) is 10.7. The van der Waals surface area contributed by atoms with Gasteiger partial charge in [-0.3, -0.25) is 19.6 Å². The number of nitrogens with zero attached hydrogens (tertiary/aromatic N) is 2. The second-order valence-electron chi connectivity index (χ2n) is 4.83. The van der Waals surface area contributed by atoms with Crippen LogP contribution in [0.4, 0.5) is 4.79 Å². The topological polar surface area (TPSA) is 107 Å². The fourth-order valence-corrected chi connectivity index (χ4v) is 1.74. The average Bonchev–Trinajstić information content (AvgIpc) is 2.90. The highest BCUT2D eigenvalue weighted by molar-refractivity contribution is 6.08. The van der Waals surface area contributed by atoms with E-state index in [1.54, 1.807) is 26.2 Å². The zero-order chi connectivity index (χ0) is 14.0. The van der Waals surface area contributed by atoms with Gasteiger partial charge in [-0.15, -0.1) is 0 Å². The number of imide groups is 1. The molecule has 0 radical (unpaired) electrons. The number of amides is 4. The van der Waals surface area contributed by atoms with E-state index in [0.717, 1.165) is 10.5 Å². The lowest BCUT2D eigenvalue weighted by Crippen LogP contribution is -2.43. The molecule has 1 saturated heterocycles. The van der Waals surface area contributed by atoms with Crippen LogP contribution in [-0.4, -0.2) is 45.0 Å². The third-order valence-electron chi connectivity index (χ3n) is 2.79. The molecule has 1 aromatic heterocycles. The first kappa shape index (κ1) is 13.1. The fraction of sp³-hybridized carbons (Fsp3) is 0.455. The van der Waals surface area contributed by atoms with Crippen molar-refractivity contribution in [3.05, 3.63) is 18.0 Å². The molecule has 1 aliphatic rings. The minimum Gasteiger partial charge on any atom is -0.350 e. The van der Waals surface area contributed by atoms with Gasteiger partial charge in [-0.1, -0.05) is 0 Å². The van der Waals surface area contributed by atoms with Crippen molar-refractivity contribution in [1.29, 1.82) is 0 Å². The number of aromatic amines is 1. The summed E-state index contributed by atoms with van der Waals surface area (Å²) in [6.45, 7) is 3.20. The molecule has 3 N–H and O–H groups in total. The first-order valence-electron chi connectivity index (χ1n) is 5.78. The molecule has 0 unspecified atom stereocenters. The molecular weight excluding hydrogens is 250 g/mol. The van der Waals surface area contributed by atoms with Crippen LogP contribution in [0, 0.1) is 0 Å². The van der Waals surface area contributed by atoms with Crippen molar-refractivity contribution < 1.29 is 14.4 Å². The van der Waals surface area contributed by atoms with Crippen molar-refractivity contribution in [2.24, 2.45) is 0 Å². The summed E-state index contributed by atoms with van der Waals surface area (Å²) in [5.41, 5.74) is -0.145. The Bertz CT molecular complexity index is 508. The lowest BCUT2D eigenvalue weighted by Gasteiger charge is -2.15. The summed E-state index contributed by atoms with van der Waals surface area (Å²) < 4.78 is 0. The van der Waals surface area contributed by atoms with E-state index in [-0.39, 0.29) is 6.54 Å². The van der Waals surface area contributed by atoms with Crippen LogP contribution in [0.5, 0.6) is 0 Å². The maximum atomic E-state index is 11.9. The molecule has 0 atom stereocenters. The molecule has 0 aliphatic carbocycles. The molecule has 8 heteroatoms. The minimum atomic E-state index is -0.956. The Morgan fingerprint density at radius 1 is 1.47 bits per heavy atom. The van der Waals surface area contributed by atoms with Gasteiger partial charge in [-0.05, 0) is 13.8 Å². The molecule has 2 heterocycles. The number of H-pyrrole nitrogens is 1. The third kappa shape index (κ3) is 2.72. The van der Waals surface area contributed by atoms with Crippen LogP contribution in [-0.2, 0) is 16.1 Å². The predicted molar refractivity (Wildman–Crippen MR) is 64.8 cm³/mol. The van der Waals surface area contributed by atoms with Crippen molar-refractivity contribution in [3.8, 4) is 0 Å². The quantitative estimate of drug-likeness (QED) is 0.629. The van der Waals surface area contributed by atoms with Crippen LogP contribution in [0.3, 0.4) is 0 Å². The standard InChI is InChI=1S/C11H15N5O3/c1-11(2)9(18)16(10(19)15-11)6-8(17)12-3-7-4-13-14-5-7/h4-5H,3,6H2,1-2H3,(H,12,17)(H,13,14)(H,15,19). The zero-order valence-electron chi connectivity index (χ0n) is 10.7. The highest BCUT2D eigenvalue weighted by Gasteiger charge is 2.44. The molecule has 0 saturated carbocycles. The van der Waals surface area contributed by atoms with E-state index in [0.29, 0.717) is 6.54 Å². The van der Waals surface area contributed by atoms with Crippen LogP contribution in [0.15, 0.2) is 12.4 Å². The molecule has 1 fully saturated rings. The van der Waals surface area contributed by atoms with Crippen molar-refractivity contribution in [2.45, 2.75) is 25.9 Å². The Balaban J connectivity index is 1.89. The Labute approximate surface area is 109 Å². The smallest absolute Gasteiger partial charge is 0.325 e. The Kier molecular flexibility index (Phi) is 3.24. The van der Waals surface area contributed by atoms with Gasteiger partial charge < -0.3 is 10.6 Å². The molecule has 102 valence electrons. The summed E-state index contributed by atoms with van der Waals surface area (Å²) in [6.07, 6.45) is 3.23. The van der Waals surface area contributed by atoms with Crippen LogP contribution in [0.2, 0.25) is 0 Å². The summed E-state index contributed by atoms with van der Waals surface area (Å²) >= 11 is 0. The minimum absolute atomic E-state index is 0.286. The molecule has 19 heavy (non-hydrogen) atoms. The van der Waals surface area contributed by atoms with Crippen LogP contribution < -0.4 is 10.6 Å². The Morgan fingerprint density at radius 3 is 2.74 bits per heavy atom. The summed E-state index contributed by atoms with van der Waals surface area (Å²) in [4.78, 5) is 36.0. The number of nitrogens with one attached hydrogen (secondary N) is 3. The highest BCUT2D eigenvalue weighted by atomic mass is 16.2. The Morgan fingerprint density at radius 2 is 2.21 bits per heavy atom. The summed E-state index contributed by atoms with van der Waals surface area (Å²) in [5, 5.41) is 11.5. The van der Waals surface area contributed by atoms with Gasteiger partial charge in [0.15, 0.2) is 0 Å². The van der Waals surface area contributed by atoms with Crippen LogP contribution in [0.1, 0.15) is 19.4 Å². The molecule has 1 aliphatic heterocycles. The third-order valence-corrected chi connectivity index (χ3v) is 2.79. The normalized spacial score (nSPS) is 17.5. The molecular formula is C11H15N5O3. The van der Waals surface area contributed by atoms with Gasteiger partial charge in [0.2, 0.25) is 5.91 Å². The van der Waals surface area contributed by atoms with E-state index in [4.69, 9.17) is 0 Å². The van der Waals surface area contributed by atoms with Gasteiger partial charge in [0, 0.05) is 18.3 Å². The molecule has 1 aromatic rings. The number of hydrogen-bond donors (Lipinski definition) is 3. The maximum absolute atomic E-state index is 11.9. The van der Waals surface area contributed by atoms with Gasteiger partial charge in [-0.2, -0.15) is 5.10 Å². The second kappa shape index (κ2) is 4.71. The van der Waals surface area contributed by atoms with E-state index in [9.17, 15) is 14.4 Å². The van der Waals surface area contributed by atoms with Gasteiger partial charge in [0.25, 0.3) is 5.91 Å². The molecule has 8 nitrogen and oxygen atoms in total. The lowest BCUT2D eigenvalue weighted by atomic mass is 10.1. The van der Waals surface area contributed by atoms with E-state index in [2.05, 4.69) is 20.8 Å². The lowest BCUT2D eigenvalue weighted by molar-refractivity contribution is -0.134. The molecule has 0 bridgehead atoms. The monoisotopic (exact) mass is 265 g/mol. The van der Waals surface area contributed by atoms with Crippen molar-refractivity contribution >= 4 is 17.8 Å². The number of carbonyl (C=O) groups is 3. The first-order valence-corrected chi connectivity index (χ1v) is 5.78. The number of carbonyl (C=O) groups excluding carboxylic acids is 3. The number of rotatable bonds is 4. The van der Waals surface area contributed by atoms with Gasteiger partial charge in [0.1, 0.15) is 12.1 Å². The number of aromatic nitrogens is 2. The van der Waals surface area contributed by atoms with Crippen molar-refractivity contribution in [1.82, 2.24) is 25.7 Å². The van der Waals surface area contributed by atoms with E-state index in [1.807, 2.05) is 0 Å². The number of hydrogen-bond acceptors (Lipinski definition) is 4. The maximum Gasteiger partial charge on any atom is 0.325 e. The number of urea groups is 1. The predicted octanol–water partition coefficient (Wildman–Crippen LogP) is -0.644. The van der Waals surface area contributed by atoms with Gasteiger partial charge in [-0.25, -0.2) is 4.79 Å². The largest absolute Gasteiger partial charge is 0.350 e. The van der Waals surface area contributed by atoms with Crippen LogP contribution >= 0.6 is 0 Å². The molecule has 0 spiro atoms. The second-order valence-corrected chi connectivity index (χ2v) is 4.83. The summed E-state index contributed by atoms with van der Waals surface area (Å²) in [7, 11) is 0. The van der Waals surface area contributed by atoms with Crippen molar-refractivity contribution in [3.63, 3.8) is 0 Å². The fourth-order valence-electron chi connectivity index (χ4n) is 1.74. The van der Waals surface area contributed by atoms with E-state index < -0.39 is 23.4 Å². The SMILES string of the molecule is CC1(C)NC(=O)N(CC(=O)NCc2cn[nH]c2)C1=O. The average molecular weight is 265 g/mol. The first-order chi connectivity index (χ1) is 8.90. The van der Waals surface area contributed by atoms with Gasteiger partial charge in [0.05, 0.1) is 6.20 Å². The molecule has 4 amide bonds. The highest BCUT2D eigenvalue weighted by Crippen LogP contribution is 2.15. The van der Waals surface area contributed by atoms with Crippen LogP contribution in [0.25, 0.3) is 0 Å². The van der Waals surface area contributed by atoms with Crippen molar-refractivity contribution in [2.75, 3.05) is 6.54 Å². The van der Waals surface area contributed by atoms with Gasteiger partial charge >= 0.3 is 6.03 Å². The molecule has 2 rings (SSSR count).